The third kappa shape index (κ3) is 3.94. The zero-order chi connectivity index (χ0) is 26.2. The Kier molecular flexibility index (Phi) is 5.48. The number of fused-ring (bicyclic) bond motifs is 6. The van der Waals surface area contributed by atoms with Crippen LogP contribution in [0.1, 0.15) is 0 Å². The van der Waals surface area contributed by atoms with Gasteiger partial charge in [0.15, 0.2) is 23.0 Å². The Bertz CT molecular complexity index is 1890. The zero-order valence-electron chi connectivity index (χ0n) is 17.9. The summed E-state index contributed by atoms with van der Waals surface area (Å²) in [6, 6.07) is 11.0. The maximum absolute atomic E-state index is 13.1. The molecule has 6 rings (SSSR count). The quantitative estimate of drug-likeness (QED) is 0.208. The van der Waals surface area contributed by atoms with Gasteiger partial charge >= 0.3 is 10.4 Å². The molecule has 0 aliphatic carbocycles. The summed E-state index contributed by atoms with van der Waals surface area (Å²) in [4.78, 5) is 0. The molecule has 0 radical (unpaired) electrons. The maximum Gasteiger partial charge on any atom is 0.501 e. The number of furan rings is 2. The second kappa shape index (κ2) is 8.41. The van der Waals surface area contributed by atoms with Crippen LogP contribution in [0.4, 0.5) is 0 Å². The average Bonchev–Trinajstić information content (AvgIpc) is 3.36. The van der Waals surface area contributed by atoms with E-state index in [4.69, 9.17) is 63.6 Å². The lowest BCUT2D eigenvalue weighted by molar-refractivity contribution is 0.368. The molecule has 6 aromatic rings. The molecule has 188 valence electrons. The molecule has 0 aliphatic rings. The summed E-state index contributed by atoms with van der Waals surface area (Å²) < 4.78 is 48.0. The monoisotopic (exact) mass is 598 g/mol. The van der Waals surface area contributed by atoms with Crippen molar-refractivity contribution in [1.82, 2.24) is 0 Å². The SMILES string of the molecule is O=S(=O)(Oc1c(O)ccc2oc3cc(Cl)c(Cl)cc3c12)Oc1c(O)ccc2oc3cc(Cl)c(Cl)cc3c12. The molecule has 2 N–H and O–H groups in total. The predicted octanol–water partition coefficient (Wildman–Crippen LogP) is 8.21. The molecule has 0 fully saturated rings. The van der Waals surface area contributed by atoms with Gasteiger partial charge in [-0.1, -0.05) is 46.4 Å². The smallest absolute Gasteiger partial charge is 0.501 e. The summed E-state index contributed by atoms with van der Waals surface area (Å²) in [6.45, 7) is 0. The van der Waals surface area contributed by atoms with Gasteiger partial charge in [-0.25, -0.2) is 0 Å². The molecule has 0 saturated heterocycles. The molecule has 0 atom stereocenters. The Morgan fingerprint density at radius 2 is 0.973 bits per heavy atom. The summed E-state index contributed by atoms with van der Waals surface area (Å²) in [6.07, 6.45) is 0. The highest BCUT2D eigenvalue weighted by Crippen LogP contribution is 2.46. The number of hydrogen-bond donors (Lipinski definition) is 2. The molecule has 0 aliphatic heterocycles. The minimum Gasteiger partial charge on any atom is -0.504 e. The minimum atomic E-state index is -4.97. The summed E-state index contributed by atoms with van der Waals surface area (Å²) in [7, 11) is -4.97. The van der Waals surface area contributed by atoms with E-state index in [-0.39, 0.29) is 53.2 Å². The Labute approximate surface area is 227 Å². The fourth-order valence-corrected chi connectivity index (χ4v) is 5.45. The van der Waals surface area contributed by atoms with E-state index in [2.05, 4.69) is 0 Å². The number of phenols is 2. The van der Waals surface area contributed by atoms with E-state index in [1.165, 1.54) is 48.5 Å². The molecule has 2 aromatic heterocycles. The average molecular weight is 600 g/mol. The lowest BCUT2D eigenvalue weighted by Gasteiger charge is -2.12. The van der Waals surface area contributed by atoms with Crippen molar-refractivity contribution in [3.05, 3.63) is 68.6 Å². The molecule has 13 heteroatoms. The summed E-state index contributed by atoms with van der Waals surface area (Å²) in [5.41, 5.74) is 0.934. The third-order valence-corrected chi connectivity index (χ3v) is 7.78. The fourth-order valence-electron chi connectivity index (χ4n) is 4.03. The number of rotatable bonds is 4. The van der Waals surface area contributed by atoms with Gasteiger partial charge in [0, 0.05) is 22.9 Å². The van der Waals surface area contributed by atoms with Gasteiger partial charge in [-0.05, 0) is 36.4 Å². The summed E-state index contributed by atoms with van der Waals surface area (Å²) in [5.74, 6) is -2.00. The van der Waals surface area contributed by atoms with Gasteiger partial charge in [0.1, 0.15) is 22.3 Å². The number of halogens is 4. The highest BCUT2D eigenvalue weighted by Gasteiger charge is 2.27. The highest BCUT2D eigenvalue weighted by atomic mass is 35.5. The van der Waals surface area contributed by atoms with Crippen molar-refractivity contribution in [2.45, 2.75) is 0 Å². The van der Waals surface area contributed by atoms with Crippen LogP contribution in [0.3, 0.4) is 0 Å². The minimum absolute atomic E-state index is 0.110. The van der Waals surface area contributed by atoms with Gasteiger partial charge in [-0.15, -0.1) is 8.42 Å². The summed E-state index contributed by atoms with van der Waals surface area (Å²) in [5, 5.41) is 22.7. The normalized spacial score (nSPS) is 12.2. The molecule has 2 heterocycles. The van der Waals surface area contributed by atoms with Crippen molar-refractivity contribution in [1.29, 1.82) is 0 Å². The first-order valence-electron chi connectivity index (χ1n) is 10.2. The van der Waals surface area contributed by atoms with Crippen molar-refractivity contribution >= 4 is 101 Å². The van der Waals surface area contributed by atoms with Gasteiger partial charge in [0.2, 0.25) is 0 Å². The van der Waals surface area contributed by atoms with E-state index in [1.54, 1.807) is 0 Å². The van der Waals surface area contributed by atoms with Crippen molar-refractivity contribution in [2.75, 3.05) is 0 Å². The molecule has 0 bridgehead atoms. The van der Waals surface area contributed by atoms with Crippen LogP contribution in [0, 0.1) is 0 Å². The standard InChI is InChI=1S/C24H10Cl4O8S/c25-11-5-9-19(7-13(11)27)33-17-3-1-15(29)23(21(9)17)35-37(31,32)36-24-16(30)2-4-18-22(24)10-6-12(26)14(28)8-20(10)34-18/h1-8,29-30H. The molecule has 4 aromatic carbocycles. The Morgan fingerprint density at radius 3 is 1.38 bits per heavy atom. The zero-order valence-corrected chi connectivity index (χ0v) is 21.7. The topological polar surface area (TPSA) is 119 Å². The second-order valence-corrected chi connectivity index (χ2v) is 10.7. The van der Waals surface area contributed by atoms with Crippen molar-refractivity contribution in [3.63, 3.8) is 0 Å². The van der Waals surface area contributed by atoms with Gasteiger partial charge in [0.05, 0.1) is 30.9 Å². The predicted molar refractivity (Wildman–Crippen MR) is 141 cm³/mol. The maximum atomic E-state index is 13.1. The van der Waals surface area contributed by atoms with Crippen LogP contribution in [-0.2, 0) is 10.4 Å². The van der Waals surface area contributed by atoms with Crippen LogP contribution < -0.4 is 8.37 Å². The molecular formula is C24H10Cl4O8S. The Morgan fingerprint density at radius 1 is 0.595 bits per heavy atom. The van der Waals surface area contributed by atoms with Crippen molar-refractivity contribution in [3.8, 4) is 23.0 Å². The third-order valence-electron chi connectivity index (χ3n) is 5.59. The van der Waals surface area contributed by atoms with Gasteiger partial charge in [0.25, 0.3) is 0 Å². The first kappa shape index (κ1) is 24.1. The van der Waals surface area contributed by atoms with Crippen molar-refractivity contribution in [2.24, 2.45) is 0 Å². The van der Waals surface area contributed by atoms with Crippen LogP contribution in [0.15, 0.2) is 57.4 Å². The number of phenolic OH excluding ortho intramolecular Hbond substituents is 2. The summed E-state index contributed by atoms with van der Waals surface area (Å²) >= 11 is 24.4. The lowest BCUT2D eigenvalue weighted by Crippen LogP contribution is -2.17. The second-order valence-electron chi connectivity index (χ2n) is 7.88. The first-order valence-corrected chi connectivity index (χ1v) is 13.1. The van der Waals surface area contributed by atoms with Crippen molar-refractivity contribution < 1.29 is 35.8 Å². The molecule has 0 spiro atoms. The Balaban J connectivity index is 1.50. The van der Waals surface area contributed by atoms with Gasteiger partial charge in [-0.3, -0.25) is 0 Å². The van der Waals surface area contributed by atoms with E-state index < -0.39 is 33.4 Å². The van der Waals surface area contributed by atoms with Crippen LogP contribution in [-0.4, -0.2) is 18.6 Å². The Hall–Kier alpha value is -3.21. The van der Waals surface area contributed by atoms with Crippen LogP contribution in [0.5, 0.6) is 23.0 Å². The molecule has 0 saturated carbocycles. The van der Waals surface area contributed by atoms with E-state index >= 15 is 0 Å². The number of aromatic hydroxyl groups is 2. The van der Waals surface area contributed by atoms with Gasteiger partial charge < -0.3 is 27.4 Å². The number of benzene rings is 4. The fraction of sp³-hybridized carbons (Fsp3) is 0. The molecule has 8 nitrogen and oxygen atoms in total. The lowest BCUT2D eigenvalue weighted by atomic mass is 10.1. The largest absolute Gasteiger partial charge is 0.504 e. The van der Waals surface area contributed by atoms with E-state index in [1.807, 2.05) is 0 Å². The van der Waals surface area contributed by atoms with Crippen LogP contribution in [0.25, 0.3) is 43.9 Å². The molecule has 0 amide bonds. The molecular weight excluding hydrogens is 590 g/mol. The van der Waals surface area contributed by atoms with E-state index in [9.17, 15) is 18.6 Å². The highest BCUT2D eigenvalue weighted by molar-refractivity contribution is 7.82. The van der Waals surface area contributed by atoms with E-state index in [0.29, 0.717) is 10.8 Å². The van der Waals surface area contributed by atoms with Gasteiger partial charge in [-0.2, -0.15) is 0 Å². The first-order chi connectivity index (χ1) is 17.5. The van der Waals surface area contributed by atoms with E-state index in [0.717, 1.165) is 0 Å². The molecule has 37 heavy (non-hydrogen) atoms. The van der Waals surface area contributed by atoms with Crippen LogP contribution in [0.2, 0.25) is 20.1 Å². The number of hydrogen-bond acceptors (Lipinski definition) is 8. The molecule has 0 unspecified atom stereocenters. The van der Waals surface area contributed by atoms with Crippen LogP contribution >= 0.6 is 46.4 Å².